The first-order chi connectivity index (χ1) is 7.54. The molecular weight excluding hydrogens is 200 g/mol. The highest BCUT2D eigenvalue weighted by Gasteiger charge is 2.22. The van der Waals surface area contributed by atoms with Crippen LogP contribution in [-0.2, 0) is 0 Å². The van der Waals surface area contributed by atoms with Gasteiger partial charge in [0.1, 0.15) is 5.84 Å². The summed E-state index contributed by atoms with van der Waals surface area (Å²) in [6.07, 6.45) is 3.48. The van der Waals surface area contributed by atoms with E-state index in [1.165, 1.54) is 25.9 Å². The van der Waals surface area contributed by atoms with Gasteiger partial charge >= 0.3 is 0 Å². The minimum Gasteiger partial charge on any atom is -0.386 e. The molecule has 0 amide bonds. The van der Waals surface area contributed by atoms with Gasteiger partial charge in [0.15, 0.2) is 0 Å². The summed E-state index contributed by atoms with van der Waals surface area (Å²) in [4.78, 5) is 4.64. The van der Waals surface area contributed by atoms with E-state index < -0.39 is 0 Å². The molecule has 4 nitrogen and oxygen atoms in total. The summed E-state index contributed by atoms with van der Waals surface area (Å²) in [5, 5.41) is 7.56. The lowest BCUT2D eigenvalue weighted by Gasteiger charge is -2.34. The Labute approximate surface area is 99.3 Å². The molecule has 1 atom stereocenters. The van der Waals surface area contributed by atoms with Crippen molar-refractivity contribution in [2.24, 2.45) is 11.7 Å². The number of hydrogen-bond acceptors (Lipinski definition) is 3. The summed E-state index contributed by atoms with van der Waals surface area (Å²) in [6.45, 7) is 5.58. The second kappa shape index (κ2) is 6.21. The van der Waals surface area contributed by atoms with Crippen LogP contribution < -0.4 is 5.73 Å². The summed E-state index contributed by atoms with van der Waals surface area (Å²) < 4.78 is 0. The smallest absolute Gasteiger partial charge is 0.108 e. The molecular formula is C12H26N4. The van der Waals surface area contributed by atoms with E-state index in [0.29, 0.717) is 5.84 Å². The molecule has 1 aliphatic rings. The highest BCUT2D eigenvalue weighted by Crippen LogP contribution is 2.18. The summed E-state index contributed by atoms with van der Waals surface area (Å²) in [6, 6.07) is 0.125. The zero-order chi connectivity index (χ0) is 12.1. The number of likely N-dealkylation sites (N-methyl/N-ethyl adjacent to an activating group) is 1. The molecule has 4 heteroatoms. The Morgan fingerprint density at radius 2 is 2.06 bits per heavy atom. The van der Waals surface area contributed by atoms with E-state index in [0.717, 1.165) is 18.9 Å². The SMILES string of the molecule is CCC(C(=N)N)N(C)CC1CCN(C)CC1. The van der Waals surface area contributed by atoms with Gasteiger partial charge in [-0.25, -0.2) is 0 Å². The molecule has 94 valence electrons. The van der Waals surface area contributed by atoms with Crippen molar-refractivity contribution in [3.63, 3.8) is 0 Å². The van der Waals surface area contributed by atoms with Crippen LogP contribution in [0.5, 0.6) is 0 Å². The molecule has 0 saturated carbocycles. The Balaban J connectivity index is 2.38. The molecule has 0 aromatic heterocycles. The number of nitrogens with zero attached hydrogens (tertiary/aromatic N) is 2. The van der Waals surface area contributed by atoms with Crippen LogP contribution in [0.25, 0.3) is 0 Å². The van der Waals surface area contributed by atoms with Crippen molar-refractivity contribution in [3.05, 3.63) is 0 Å². The van der Waals surface area contributed by atoms with Gasteiger partial charge in [-0.1, -0.05) is 6.92 Å². The third-order valence-electron chi connectivity index (χ3n) is 3.66. The van der Waals surface area contributed by atoms with Crippen LogP contribution in [0.3, 0.4) is 0 Å². The van der Waals surface area contributed by atoms with Crippen LogP contribution in [0.15, 0.2) is 0 Å². The minimum absolute atomic E-state index is 0.125. The molecule has 0 spiro atoms. The maximum atomic E-state index is 7.56. The standard InChI is InChI=1S/C12H26N4/c1-4-11(12(13)14)16(3)9-10-5-7-15(2)8-6-10/h10-11H,4-9H2,1-3H3,(H3,13,14). The Morgan fingerprint density at radius 1 is 1.50 bits per heavy atom. The molecule has 0 aromatic rings. The van der Waals surface area contributed by atoms with Gasteiger partial charge in [-0.3, -0.25) is 10.3 Å². The van der Waals surface area contributed by atoms with Gasteiger partial charge < -0.3 is 10.6 Å². The minimum atomic E-state index is 0.125. The van der Waals surface area contributed by atoms with Gasteiger partial charge in [-0.15, -0.1) is 0 Å². The van der Waals surface area contributed by atoms with Crippen molar-refractivity contribution in [2.45, 2.75) is 32.2 Å². The van der Waals surface area contributed by atoms with Gasteiger partial charge in [-0.2, -0.15) is 0 Å². The number of rotatable bonds is 5. The van der Waals surface area contributed by atoms with Crippen molar-refractivity contribution in [3.8, 4) is 0 Å². The quantitative estimate of drug-likeness (QED) is 0.542. The highest BCUT2D eigenvalue weighted by atomic mass is 15.2. The van der Waals surface area contributed by atoms with E-state index in [4.69, 9.17) is 11.1 Å². The van der Waals surface area contributed by atoms with Gasteiger partial charge in [-0.05, 0) is 52.4 Å². The summed E-state index contributed by atoms with van der Waals surface area (Å²) in [7, 11) is 4.28. The van der Waals surface area contributed by atoms with E-state index in [2.05, 4.69) is 30.8 Å². The summed E-state index contributed by atoms with van der Waals surface area (Å²) >= 11 is 0. The third-order valence-corrected chi connectivity index (χ3v) is 3.66. The largest absolute Gasteiger partial charge is 0.386 e. The van der Waals surface area contributed by atoms with Gasteiger partial charge in [0, 0.05) is 6.54 Å². The average Bonchev–Trinajstić information content (AvgIpc) is 2.22. The average molecular weight is 226 g/mol. The van der Waals surface area contributed by atoms with E-state index in [9.17, 15) is 0 Å². The zero-order valence-electron chi connectivity index (χ0n) is 10.9. The topological polar surface area (TPSA) is 56.4 Å². The predicted molar refractivity (Wildman–Crippen MR) is 68.8 cm³/mol. The van der Waals surface area contributed by atoms with Crippen molar-refractivity contribution in [1.82, 2.24) is 9.80 Å². The van der Waals surface area contributed by atoms with Crippen molar-refractivity contribution in [2.75, 3.05) is 33.7 Å². The van der Waals surface area contributed by atoms with Crippen LogP contribution in [0.4, 0.5) is 0 Å². The number of amidine groups is 1. The number of nitrogens with one attached hydrogen (secondary N) is 1. The molecule has 1 aliphatic heterocycles. The van der Waals surface area contributed by atoms with E-state index in [1.54, 1.807) is 0 Å². The van der Waals surface area contributed by atoms with Crippen molar-refractivity contribution < 1.29 is 0 Å². The number of likely N-dealkylation sites (tertiary alicyclic amines) is 1. The Morgan fingerprint density at radius 3 is 2.50 bits per heavy atom. The number of piperidine rings is 1. The lowest BCUT2D eigenvalue weighted by Crippen LogP contribution is -2.45. The Hall–Kier alpha value is -0.610. The molecule has 0 aromatic carbocycles. The van der Waals surface area contributed by atoms with E-state index in [1.807, 2.05) is 0 Å². The van der Waals surface area contributed by atoms with Crippen LogP contribution in [0, 0.1) is 11.3 Å². The van der Waals surface area contributed by atoms with Gasteiger partial charge in [0.2, 0.25) is 0 Å². The van der Waals surface area contributed by atoms with E-state index in [-0.39, 0.29) is 6.04 Å². The molecule has 0 aliphatic carbocycles. The second-order valence-electron chi connectivity index (χ2n) is 5.07. The molecule has 1 unspecified atom stereocenters. The first-order valence-corrected chi connectivity index (χ1v) is 6.27. The first-order valence-electron chi connectivity index (χ1n) is 6.27. The van der Waals surface area contributed by atoms with Crippen LogP contribution in [0.1, 0.15) is 26.2 Å². The number of nitrogens with two attached hydrogens (primary N) is 1. The maximum absolute atomic E-state index is 7.56. The predicted octanol–water partition coefficient (Wildman–Crippen LogP) is 0.975. The first kappa shape index (κ1) is 13.5. The summed E-state index contributed by atoms with van der Waals surface area (Å²) in [5.41, 5.74) is 5.61. The van der Waals surface area contributed by atoms with Crippen LogP contribution in [-0.4, -0.2) is 55.4 Å². The zero-order valence-corrected chi connectivity index (χ0v) is 10.9. The molecule has 1 fully saturated rings. The molecule has 16 heavy (non-hydrogen) atoms. The van der Waals surface area contributed by atoms with Crippen LogP contribution in [0.2, 0.25) is 0 Å². The molecule has 1 rings (SSSR count). The Kier molecular flexibility index (Phi) is 5.22. The van der Waals surface area contributed by atoms with Crippen molar-refractivity contribution >= 4 is 5.84 Å². The molecule has 0 bridgehead atoms. The second-order valence-corrected chi connectivity index (χ2v) is 5.07. The monoisotopic (exact) mass is 226 g/mol. The highest BCUT2D eigenvalue weighted by molar-refractivity contribution is 5.82. The molecule has 1 saturated heterocycles. The van der Waals surface area contributed by atoms with Gasteiger partial charge in [0.05, 0.1) is 6.04 Å². The molecule has 1 heterocycles. The lowest BCUT2D eigenvalue weighted by atomic mass is 9.96. The van der Waals surface area contributed by atoms with Gasteiger partial charge in [0.25, 0.3) is 0 Å². The summed E-state index contributed by atoms with van der Waals surface area (Å²) in [5.74, 6) is 1.08. The molecule has 0 radical (unpaired) electrons. The fraction of sp³-hybridized carbons (Fsp3) is 0.917. The fourth-order valence-electron chi connectivity index (χ4n) is 2.55. The normalized spacial score (nSPS) is 21.2. The van der Waals surface area contributed by atoms with Crippen LogP contribution >= 0.6 is 0 Å². The number of hydrogen-bond donors (Lipinski definition) is 2. The Bertz CT molecular complexity index is 221. The van der Waals surface area contributed by atoms with E-state index >= 15 is 0 Å². The fourth-order valence-corrected chi connectivity index (χ4v) is 2.55. The van der Waals surface area contributed by atoms with Crippen molar-refractivity contribution in [1.29, 1.82) is 5.41 Å². The molecule has 3 N–H and O–H groups in total. The maximum Gasteiger partial charge on any atom is 0.108 e. The lowest BCUT2D eigenvalue weighted by molar-refractivity contribution is 0.165. The third kappa shape index (κ3) is 3.76.